The van der Waals surface area contributed by atoms with Gasteiger partial charge in [-0.25, -0.2) is 4.98 Å². The largest absolute Gasteiger partial charge is 0.459 e. The highest BCUT2D eigenvalue weighted by Crippen LogP contribution is 2.27. The van der Waals surface area contributed by atoms with Crippen LogP contribution < -0.4 is 4.90 Å². The Morgan fingerprint density at radius 1 is 1.15 bits per heavy atom. The average Bonchev–Trinajstić information content (AvgIpc) is 3.04. The summed E-state index contributed by atoms with van der Waals surface area (Å²) in [6.07, 6.45) is 8.90. The number of hydrogen-bond acceptors (Lipinski definition) is 3. The standard InChI is InChI=1S/C16H18N2O2/c19-16(14-9-6-12-20-14)18(13-7-2-1-3-8-13)15-10-4-5-11-17-15/h4-6,9-13H,1-3,7-8H2. The molecule has 20 heavy (non-hydrogen) atoms. The second-order valence-electron chi connectivity index (χ2n) is 5.13. The van der Waals surface area contributed by atoms with E-state index < -0.39 is 0 Å². The number of furan rings is 1. The van der Waals surface area contributed by atoms with Crippen LogP contribution in [0, 0.1) is 0 Å². The first kappa shape index (κ1) is 12.9. The van der Waals surface area contributed by atoms with E-state index in [9.17, 15) is 4.79 Å². The minimum Gasteiger partial charge on any atom is -0.459 e. The van der Waals surface area contributed by atoms with Gasteiger partial charge in [0.2, 0.25) is 0 Å². The van der Waals surface area contributed by atoms with Gasteiger partial charge in [-0.05, 0) is 37.1 Å². The topological polar surface area (TPSA) is 46.3 Å². The predicted octanol–water partition coefficient (Wildman–Crippen LogP) is 3.65. The second-order valence-corrected chi connectivity index (χ2v) is 5.13. The van der Waals surface area contributed by atoms with Gasteiger partial charge in [0.25, 0.3) is 5.91 Å². The van der Waals surface area contributed by atoms with Crippen molar-refractivity contribution in [1.29, 1.82) is 0 Å². The van der Waals surface area contributed by atoms with Crippen LogP contribution in [-0.2, 0) is 0 Å². The molecule has 2 aromatic heterocycles. The van der Waals surface area contributed by atoms with Crippen molar-refractivity contribution in [2.24, 2.45) is 0 Å². The Labute approximate surface area is 118 Å². The SMILES string of the molecule is O=C(c1ccco1)N(c1ccccn1)C1CCCCC1. The van der Waals surface area contributed by atoms with Gasteiger partial charge in [0, 0.05) is 12.2 Å². The Morgan fingerprint density at radius 3 is 2.65 bits per heavy atom. The lowest BCUT2D eigenvalue weighted by molar-refractivity contribution is 0.0942. The summed E-state index contributed by atoms with van der Waals surface area (Å²) < 4.78 is 5.27. The van der Waals surface area contributed by atoms with Crippen molar-refractivity contribution >= 4 is 11.7 Å². The van der Waals surface area contributed by atoms with Crippen LogP contribution >= 0.6 is 0 Å². The minimum atomic E-state index is -0.0967. The van der Waals surface area contributed by atoms with Crippen LogP contribution in [0.15, 0.2) is 47.2 Å². The Bertz CT molecular complexity index is 545. The zero-order valence-corrected chi connectivity index (χ0v) is 11.4. The molecule has 1 amide bonds. The number of amides is 1. The molecule has 0 spiro atoms. The molecule has 0 N–H and O–H groups in total. The lowest BCUT2D eigenvalue weighted by atomic mass is 9.94. The van der Waals surface area contributed by atoms with Gasteiger partial charge in [-0.1, -0.05) is 25.3 Å². The van der Waals surface area contributed by atoms with Crippen LogP contribution in [0.25, 0.3) is 0 Å². The number of anilines is 1. The fourth-order valence-electron chi connectivity index (χ4n) is 2.81. The molecule has 1 fully saturated rings. The lowest BCUT2D eigenvalue weighted by Crippen LogP contribution is -2.42. The van der Waals surface area contributed by atoms with Crippen LogP contribution in [-0.4, -0.2) is 16.9 Å². The van der Waals surface area contributed by atoms with E-state index in [2.05, 4.69) is 4.98 Å². The van der Waals surface area contributed by atoms with Crippen molar-refractivity contribution in [3.05, 3.63) is 48.6 Å². The zero-order chi connectivity index (χ0) is 13.8. The first-order valence-electron chi connectivity index (χ1n) is 7.14. The quantitative estimate of drug-likeness (QED) is 0.855. The number of rotatable bonds is 3. The molecular weight excluding hydrogens is 252 g/mol. The van der Waals surface area contributed by atoms with E-state index in [1.54, 1.807) is 23.2 Å². The normalized spacial score (nSPS) is 16.0. The molecule has 0 aromatic carbocycles. The van der Waals surface area contributed by atoms with Crippen molar-refractivity contribution in [2.45, 2.75) is 38.1 Å². The van der Waals surface area contributed by atoms with Gasteiger partial charge in [0.05, 0.1) is 6.26 Å². The second kappa shape index (κ2) is 5.90. The van der Waals surface area contributed by atoms with Gasteiger partial charge in [-0.15, -0.1) is 0 Å². The molecule has 1 aliphatic carbocycles. The highest BCUT2D eigenvalue weighted by molar-refractivity contribution is 6.04. The third-order valence-corrected chi connectivity index (χ3v) is 3.79. The van der Waals surface area contributed by atoms with E-state index in [0.29, 0.717) is 11.6 Å². The number of carbonyl (C=O) groups excluding carboxylic acids is 1. The number of carbonyl (C=O) groups is 1. The molecule has 0 unspecified atom stereocenters. The van der Waals surface area contributed by atoms with Crippen molar-refractivity contribution in [2.75, 3.05) is 4.90 Å². The third kappa shape index (κ3) is 2.59. The first-order valence-corrected chi connectivity index (χ1v) is 7.14. The molecule has 1 saturated carbocycles. The van der Waals surface area contributed by atoms with Crippen LogP contribution in [0.3, 0.4) is 0 Å². The van der Waals surface area contributed by atoms with Crippen molar-refractivity contribution in [3.63, 3.8) is 0 Å². The number of nitrogens with zero attached hydrogens (tertiary/aromatic N) is 2. The van der Waals surface area contributed by atoms with E-state index in [-0.39, 0.29) is 11.9 Å². The number of pyridine rings is 1. The van der Waals surface area contributed by atoms with Gasteiger partial charge in [0.15, 0.2) is 5.76 Å². The van der Waals surface area contributed by atoms with E-state index in [1.165, 1.54) is 25.5 Å². The first-order chi connectivity index (χ1) is 9.86. The van der Waals surface area contributed by atoms with E-state index >= 15 is 0 Å². The molecule has 2 heterocycles. The summed E-state index contributed by atoms with van der Waals surface area (Å²) in [4.78, 5) is 18.9. The average molecular weight is 270 g/mol. The third-order valence-electron chi connectivity index (χ3n) is 3.79. The Balaban J connectivity index is 1.92. The maximum absolute atomic E-state index is 12.7. The summed E-state index contributed by atoms with van der Waals surface area (Å²) in [5, 5.41) is 0. The van der Waals surface area contributed by atoms with Crippen LogP contribution in [0.5, 0.6) is 0 Å². The summed E-state index contributed by atoms with van der Waals surface area (Å²) in [5.41, 5.74) is 0. The molecule has 0 bridgehead atoms. The summed E-state index contributed by atoms with van der Waals surface area (Å²) in [7, 11) is 0. The highest BCUT2D eigenvalue weighted by Gasteiger charge is 2.29. The molecule has 3 rings (SSSR count). The minimum absolute atomic E-state index is 0.0967. The summed E-state index contributed by atoms with van der Waals surface area (Å²) in [6, 6.07) is 9.32. The van der Waals surface area contributed by atoms with Gasteiger partial charge in [-0.2, -0.15) is 0 Å². The summed E-state index contributed by atoms with van der Waals surface area (Å²) >= 11 is 0. The van der Waals surface area contributed by atoms with E-state index in [1.807, 2.05) is 18.2 Å². The molecular formula is C16H18N2O2. The van der Waals surface area contributed by atoms with Gasteiger partial charge in [-0.3, -0.25) is 9.69 Å². The molecule has 1 aliphatic rings. The molecule has 4 nitrogen and oxygen atoms in total. The monoisotopic (exact) mass is 270 g/mol. The number of hydrogen-bond donors (Lipinski definition) is 0. The molecule has 104 valence electrons. The lowest BCUT2D eigenvalue weighted by Gasteiger charge is -2.33. The predicted molar refractivity (Wildman–Crippen MR) is 76.6 cm³/mol. The molecule has 4 heteroatoms. The molecule has 0 atom stereocenters. The van der Waals surface area contributed by atoms with Gasteiger partial charge in [0.1, 0.15) is 5.82 Å². The van der Waals surface area contributed by atoms with E-state index in [0.717, 1.165) is 12.8 Å². The van der Waals surface area contributed by atoms with Crippen LogP contribution in [0.1, 0.15) is 42.7 Å². The maximum Gasteiger partial charge on any atom is 0.295 e. The van der Waals surface area contributed by atoms with Crippen molar-refractivity contribution in [1.82, 2.24) is 4.98 Å². The fourth-order valence-corrected chi connectivity index (χ4v) is 2.81. The smallest absolute Gasteiger partial charge is 0.295 e. The Morgan fingerprint density at radius 2 is 2.00 bits per heavy atom. The highest BCUT2D eigenvalue weighted by atomic mass is 16.3. The fraction of sp³-hybridized carbons (Fsp3) is 0.375. The van der Waals surface area contributed by atoms with Crippen LogP contribution in [0.4, 0.5) is 5.82 Å². The molecule has 0 radical (unpaired) electrons. The molecule has 0 saturated heterocycles. The number of aromatic nitrogens is 1. The van der Waals surface area contributed by atoms with Gasteiger partial charge >= 0.3 is 0 Å². The summed E-state index contributed by atoms with van der Waals surface area (Å²) in [6.45, 7) is 0. The van der Waals surface area contributed by atoms with Crippen LogP contribution in [0.2, 0.25) is 0 Å². The van der Waals surface area contributed by atoms with E-state index in [4.69, 9.17) is 4.42 Å². The molecule has 0 aliphatic heterocycles. The van der Waals surface area contributed by atoms with Gasteiger partial charge < -0.3 is 4.42 Å². The molecule has 2 aromatic rings. The maximum atomic E-state index is 12.7. The Kier molecular flexibility index (Phi) is 3.81. The van der Waals surface area contributed by atoms with Crippen molar-refractivity contribution in [3.8, 4) is 0 Å². The summed E-state index contributed by atoms with van der Waals surface area (Å²) in [5.74, 6) is 0.989. The zero-order valence-electron chi connectivity index (χ0n) is 11.4. The van der Waals surface area contributed by atoms with Crippen molar-refractivity contribution < 1.29 is 9.21 Å². The Hall–Kier alpha value is -2.10.